The van der Waals surface area contributed by atoms with E-state index in [1.807, 2.05) is 0 Å². The zero-order valence-electron chi connectivity index (χ0n) is 8.66. The van der Waals surface area contributed by atoms with Gasteiger partial charge < -0.3 is 4.74 Å². The van der Waals surface area contributed by atoms with E-state index < -0.39 is 4.92 Å². The summed E-state index contributed by atoms with van der Waals surface area (Å²) in [6, 6.07) is 4.34. The van der Waals surface area contributed by atoms with Crippen LogP contribution in [0.5, 0.6) is 5.75 Å². The first-order valence-corrected chi connectivity index (χ1v) is 4.54. The largest absolute Gasteiger partial charge is 0.493 e. The quantitative estimate of drug-likeness (QED) is 0.191. The molecule has 1 aromatic carbocycles. The maximum absolute atomic E-state index is 10.5. The fourth-order valence-corrected chi connectivity index (χ4v) is 1.15. The van der Waals surface area contributed by atoms with E-state index in [1.165, 1.54) is 18.2 Å². The van der Waals surface area contributed by atoms with Crippen molar-refractivity contribution in [1.29, 1.82) is 0 Å². The lowest BCUT2D eigenvalue weighted by atomic mass is 10.2. The molecular formula is C9H10N4O3. The monoisotopic (exact) mass is 222 g/mol. The Balaban J connectivity index is 2.67. The predicted molar refractivity (Wildman–Crippen MR) is 57.3 cm³/mol. The van der Waals surface area contributed by atoms with Crippen LogP contribution in [0, 0.1) is 17.0 Å². The van der Waals surface area contributed by atoms with Crippen molar-refractivity contribution in [2.75, 3.05) is 13.2 Å². The number of benzene rings is 1. The number of hydrogen-bond acceptors (Lipinski definition) is 4. The van der Waals surface area contributed by atoms with Gasteiger partial charge in [-0.15, -0.1) is 0 Å². The van der Waals surface area contributed by atoms with Gasteiger partial charge in [0.05, 0.1) is 18.1 Å². The van der Waals surface area contributed by atoms with Crippen LogP contribution >= 0.6 is 0 Å². The molecule has 0 unspecified atom stereocenters. The Morgan fingerprint density at radius 3 is 2.94 bits per heavy atom. The summed E-state index contributed by atoms with van der Waals surface area (Å²) in [6.45, 7) is 2.20. The fraction of sp³-hybridized carbons (Fsp3) is 0.333. The number of aryl methyl sites for hydroxylation is 1. The van der Waals surface area contributed by atoms with Crippen molar-refractivity contribution in [3.05, 3.63) is 44.3 Å². The number of rotatable bonds is 5. The lowest BCUT2D eigenvalue weighted by Gasteiger charge is -2.06. The molecule has 1 rings (SSSR count). The first-order chi connectivity index (χ1) is 7.65. The SMILES string of the molecule is Cc1cc([N+](=O)[O-])ccc1OCCN=[N+]=[N-]. The van der Waals surface area contributed by atoms with Crippen LogP contribution in [-0.2, 0) is 0 Å². The lowest BCUT2D eigenvalue weighted by Crippen LogP contribution is -2.01. The smallest absolute Gasteiger partial charge is 0.269 e. The molecule has 0 aliphatic carbocycles. The van der Waals surface area contributed by atoms with E-state index in [4.69, 9.17) is 10.3 Å². The van der Waals surface area contributed by atoms with E-state index in [0.29, 0.717) is 11.3 Å². The first-order valence-electron chi connectivity index (χ1n) is 4.54. The topological polar surface area (TPSA) is 101 Å². The van der Waals surface area contributed by atoms with Gasteiger partial charge >= 0.3 is 0 Å². The first kappa shape index (κ1) is 11.8. The van der Waals surface area contributed by atoms with Crippen molar-refractivity contribution >= 4 is 5.69 Å². The molecule has 7 nitrogen and oxygen atoms in total. The van der Waals surface area contributed by atoms with Crippen molar-refractivity contribution in [2.24, 2.45) is 5.11 Å². The second-order valence-corrected chi connectivity index (χ2v) is 3.01. The van der Waals surface area contributed by atoms with E-state index in [0.717, 1.165) is 0 Å². The summed E-state index contributed by atoms with van der Waals surface area (Å²) in [6.07, 6.45) is 0. The van der Waals surface area contributed by atoms with E-state index in [1.54, 1.807) is 6.92 Å². The minimum atomic E-state index is -0.462. The van der Waals surface area contributed by atoms with Gasteiger partial charge in [0.2, 0.25) is 0 Å². The van der Waals surface area contributed by atoms with Gasteiger partial charge in [-0.2, -0.15) is 0 Å². The fourth-order valence-electron chi connectivity index (χ4n) is 1.15. The highest BCUT2D eigenvalue weighted by atomic mass is 16.6. The average Bonchev–Trinajstić information content (AvgIpc) is 2.26. The normalized spacial score (nSPS) is 9.31. The highest BCUT2D eigenvalue weighted by Gasteiger charge is 2.08. The number of nitro groups is 1. The molecule has 0 bridgehead atoms. The van der Waals surface area contributed by atoms with Gasteiger partial charge in [0.25, 0.3) is 5.69 Å². The van der Waals surface area contributed by atoms with Crippen LogP contribution in [0.15, 0.2) is 23.3 Å². The van der Waals surface area contributed by atoms with Gasteiger partial charge in [-0.05, 0) is 24.1 Å². The molecule has 0 radical (unpaired) electrons. The molecule has 84 valence electrons. The minimum Gasteiger partial charge on any atom is -0.493 e. The summed E-state index contributed by atoms with van der Waals surface area (Å²) in [7, 11) is 0. The van der Waals surface area contributed by atoms with Crippen LogP contribution in [0.2, 0.25) is 0 Å². The summed E-state index contributed by atoms with van der Waals surface area (Å²) in [5.41, 5.74) is 8.75. The van der Waals surface area contributed by atoms with Crippen LogP contribution in [0.1, 0.15) is 5.56 Å². The Morgan fingerprint density at radius 1 is 1.62 bits per heavy atom. The molecule has 0 aliphatic rings. The Morgan fingerprint density at radius 2 is 2.38 bits per heavy atom. The molecule has 0 aliphatic heterocycles. The second-order valence-electron chi connectivity index (χ2n) is 3.01. The number of nitrogens with zero attached hydrogens (tertiary/aromatic N) is 4. The molecule has 0 atom stereocenters. The molecule has 0 spiro atoms. The zero-order valence-corrected chi connectivity index (χ0v) is 8.66. The molecule has 0 fully saturated rings. The Kier molecular flexibility index (Phi) is 4.11. The standard InChI is InChI=1S/C9H10N4O3/c1-7-6-8(13(14)15)2-3-9(7)16-5-4-11-12-10/h2-3,6H,4-5H2,1H3. The summed E-state index contributed by atoms with van der Waals surface area (Å²) < 4.78 is 5.29. The van der Waals surface area contributed by atoms with Crippen molar-refractivity contribution in [3.63, 3.8) is 0 Å². The Bertz CT molecular complexity index is 440. The lowest BCUT2D eigenvalue weighted by molar-refractivity contribution is -0.384. The molecular weight excluding hydrogens is 212 g/mol. The summed E-state index contributed by atoms with van der Waals surface area (Å²) in [4.78, 5) is 12.6. The minimum absolute atomic E-state index is 0.0277. The number of non-ortho nitro benzene ring substituents is 1. The van der Waals surface area contributed by atoms with E-state index in [2.05, 4.69) is 10.0 Å². The van der Waals surface area contributed by atoms with Crippen LogP contribution in [0.25, 0.3) is 10.4 Å². The molecule has 0 saturated heterocycles. The number of hydrogen-bond donors (Lipinski definition) is 0. The molecule has 0 aromatic heterocycles. The van der Waals surface area contributed by atoms with Crippen molar-refractivity contribution in [2.45, 2.75) is 6.92 Å². The zero-order chi connectivity index (χ0) is 12.0. The third-order valence-corrected chi connectivity index (χ3v) is 1.88. The van der Waals surface area contributed by atoms with Gasteiger partial charge in [-0.3, -0.25) is 10.1 Å². The maximum Gasteiger partial charge on any atom is 0.269 e. The van der Waals surface area contributed by atoms with Crippen molar-refractivity contribution in [3.8, 4) is 5.75 Å². The summed E-state index contributed by atoms with van der Waals surface area (Å²) >= 11 is 0. The van der Waals surface area contributed by atoms with E-state index in [9.17, 15) is 10.1 Å². The number of nitro benzene ring substituents is 1. The van der Waals surface area contributed by atoms with Crippen LogP contribution < -0.4 is 4.74 Å². The molecule has 7 heteroatoms. The Hall–Kier alpha value is -2.27. The highest BCUT2D eigenvalue weighted by Crippen LogP contribution is 2.22. The average molecular weight is 222 g/mol. The van der Waals surface area contributed by atoms with E-state index in [-0.39, 0.29) is 18.8 Å². The molecule has 0 heterocycles. The van der Waals surface area contributed by atoms with Gasteiger partial charge in [-0.25, -0.2) is 0 Å². The van der Waals surface area contributed by atoms with Gasteiger partial charge in [0, 0.05) is 17.0 Å². The number of azide groups is 1. The van der Waals surface area contributed by atoms with Gasteiger partial charge in [0.15, 0.2) is 0 Å². The molecule has 0 saturated carbocycles. The van der Waals surface area contributed by atoms with Crippen molar-refractivity contribution in [1.82, 2.24) is 0 Å². The number of ether oxygens (including phenoxy) is 1. The van der Waals surface area contributed by atoms with Crippen LogP contribution in [-0.4, -0.2) is 18.1 Å². The third-order valence-electron chi connectivity index (χ3n) is 1.88. The Labute approximate surface area is 91.4 Å². The van der Waals surface area contributed by atoms with Crippen LogP contribution in [0.3, 0.4) is 0 Å². The predicted octanol–water partition coefficient (Wildman–Crippen LogP) is 2.59. The maximum atomic E-state index is 10.5. The third kappa shape index (κ3) is 3.14. The molecule has 1 aromatic rings. The summed E-state index contributed by atoms with van der Waals surface area (Å²) in [5, 5.41) is 13.8. The second kappa shape index (κ2) is 5.57. The molecule has 0 N–H and O–H groups in total. The summed E-state index contributed by atoms with van der Waals surface area (Å²) in [5.74, 6) is 0.554. The molecule has 0 amide bonds. The molecule has 16 heavy (non-hydrogen) atoms. The van der Waals surface area contributed by atoms with E-state index >= 15 is 0 Å². The van der Waals surface area contributed by atoms with Crippen molar-refractivity contribution < 1.29 is 9.66 Å². The highest BCUT2D eigenvalue weighted by molar-refractivity contribution is 5.42. The van der Waals surface area contributed by atoms with Gasteiger partial charge in [0.1, 0.15) is 5.75 Å². The van der Waals surface area contributed by atoms with Gasteiger partial charge in [-0.1, -0.05) is 5.11 Å². The van der Waals surface area contributed by atoms with Crippen LogP contribution in [0.4, 0.5) is 5.69 Å².